The lowest BCUT2D eigenvalue weighted by molar-refractivity contribution is 0.255. The lowest BCUT2D eigenvalue weighted by Gasteiger charge is -2.36. The summed E-state index contributed by atoms with van der Waals surface area (Å²) in [6.07, 6.45) is 2.61. The van der Waals surface area contributed by atoms with Crippen LogP contribution in [0.5, 0.6) is 0 Å². The maximum Gasteiger partial charge on any atom is 0.339 e. The van der Waals surface area contributed by atoms with Crippen LogP contribution in [0.25, 0.3) is 0 Å². The zero-order valence-corrected chi connectivity index (χ0v) is 18.1. The Morgan fingerprint density at radius 1 is 1.21 bits per heavy atom. The number of carbonyl (C=O) groups excluding carboxylic acids is 1. The van der Waals surface area contributed by atoms with Gasteiger partial charge in [-0.3, -0.25) is 4.90 Å². The zero-order chi connectivity index (χ0) is 21.1. The van der Waals surface area contributed by atoms with Crippen molar-refractivity contribution in [1.29, 1.82) is 0 Å². The highest BCUT2D eigenvalue weighted by Gasteiger charge is 2.33. The predicted octanol–water partition coefficient (Wildman–Crippen LogP) is 7.31. The Kier molecular flexibility index (Phi) is 6.50. The summed E-state index contributed by atoms with van der Waals surface area (Å²) in [5, 5.41) is 0.293. The van der Waals surface area contributed by atoms with Crippen molar-refractivity contribution in [2.45, 2.75) is 25.7 Å². The van der Waals surface area contributed by atoms with Crippen LogP contribution in [0.4, 0.5) is 20.6 Å². The second kappa shape index (κ2) is 8.89. The number of amides is 2. The molecular weight excluding hydrogens is 407 g/mol. The minimum Gasteiger partial charge on any atom is -0.288 e. The van der Waals surface area contributed by atoms with Crippen LogP contribution in [0.15, 0.2) is 82.5 Å². The third kappa shape index (κ3) is 4.41. The van der Waals surface area contributed by atoms with E-state index in [-0.39, 0.29) is 18.1 Å². The number of rotatable bonds is 5. The molecule has 0 saturated carbocycles. The normalized spacial score (nSPS) is 15.2. The molecule has 0 aromatic heterocycles. The number of hydrogen-bond acceptors (Lipinski definition) is 2. The maximum absolute atomic E-state index is 14.6. The molecule has 150 valence electrons. The van der Waals surface area contributed by atoms with Crippen molar-refractivity contribution in [3.05, 3.63) is 88.8 Å². The van der Waals surface area contributed by atoms with Crippen LogP contribution in [0.3, 0.4) is 0 Å². The van der Waals surface area contributed by atoms with E-state index < -0.39 is 5.83 Å². The quantitative estimate of drug-likeness (QED) is 0.368. The molecule has 0 N–H and O–H groups in total. The molecule has 3 nitrogen and oxygen atoms in total. The number of halogens is 2. The van der Waals surface area contributed by atoms with Crippen LogP contribution in [0.2, 0.25) is 0 Å². The topological polar surface area (TPSA) is 23.6 Å². The van der Waals surface area contributed by atoms with Crippen LogP contribution in [-0.2, 0) is 0 Å². The first kappa shape index (κ1) is 21.2. The summed E-state index contributed by atoms with van der Waals surface area (Å²) in [5.74, 6) is -0.506. The van der Waals surface area contributed by atoms with E-state index in [4.69, 9.17) is 11.6 Å². The predicted molar refractivity (Wildman–Crippen MR) is 121 cm³/mol. The van der Waals surface area contributed by atoms with Crippen molar-refractivity contribution in [2.75, 3.05) is 15.7 Å². The molecule has 0 bridgehead atoms. The average molecular weight is 429 g/mol. The number of nitrogens with zero attached hydrogens (tertiary/aromatic N) is 2. The first-order chi connectivity index (χ1) is 13.8. The summed E-state index contributed by atoms with van der Waals surface area (Å²) in [4.78, 5) is 15.9. The van der Waals surface area contributed by atoms with E-state index in [2.05, 4.69) is 6.58 Å². The number of carbonyl (C=O) groups is 1. The molecular formula is C23H22ClFN2OS. The van der Waals surface area contributed by atoms with Gasteiger partial charge in [-0.1, -0.05) is 42.5 Å². The van der Waals surface area contributed by atoms with Gasteiger partial charge in [-0.15, -0.1) is 0 Å². The Balaban J connectivity index is 2.06. The summed E-state index contributed by atoms with van der Waals surface area (Å²) in [6, 6.07) is 13.2. The summed E-state index contributed by atoms with van der Waals surface area (Å²) in [5.41, 5.74) is 4.00. The zero-order valence-electron chi connectivity index (χ0n) is 16.6. The molecule has 0 unspecified atom stereocenters. The molecule has 0 aliphatic carbocycles. The molecule has 1 aliphatic heterocycles. The third-order valence-electron chi connectivity index (χ3n) is 4.76. The van der Waals surface area contributed by atoms with Gasteiger partial charge in [0.2, 0.25) is 0 Å². The van der Waals surface area contributed by atoms with E-state index in [0.29, 0.717) is 5.03 Å². The van der Waals surface area contributed by atoms with E-state index in [1.54, 1.807) is 16.1 Å². The lowest BCUT2D eigenvalue weighted by Crippen LogP contribution is -2.44. The molecule has 0 fully saturated rings. The molecule has 2 aromatic carbocycles. The largest absolute Gasteiger partial charge is 0.339 e. The van der Waals surface area contributed by atoms with Gasteiger partial charge in [0.1, 0.15) is 5.83 Å². The molecule has 3 rings (SSSR count). The number of benzene rings is 2. The van der Waals surface area contributed by atoms with Gasteiger partial charge in [0.05, 0.1) is 22.8 Å². The van der Waals surface area contributed by atoms with Crippen LogP contribution >= 0.6 is 23.5 Å². The van der Waals surface area contributed by atoms with Gasteiger partial charge < -0.3 is 0 Å². The summed E-state index contributed by atoms with van der Waals surface area (Å²) < 4.78 is 16.2. The molecule has 0 saturated heterocycles. The fraction of sp³-hybridized carbons (Fsp3) is 0.174. The highest BCUT2D eigenvalue weighted by molar-refractivity contribution is 8.01. The number of allylic oxidation sites excluding steroid dienone is 3. The molecule has 0 radical (unpaired) electrons. The Bertz CT molecular complexity index is 1030. The highest BCUT2D eigenvalue weighted by atomic mass is 35.5. The van der Waals surface area contributed by atoms with Crippen LogP contribution in [-0.4, -0.2) is 12.6 Å². The van der Waals surface area contributed by atoms with E-state index in [1.807, 2.05) is 56.3 Å². The van der Waals surface area contributed by atoms with Gasteiger partial charge in [0, 0.05) is 10.6 Å². The van der Waals surface area contributed by atoms with Crippen molar-refractivity contribution in [3.8, 4) is 0 Å². The summed E-state index contributed by atoms with van der Waals surface area (Å²) in [7, 11) is 0. The fourth-order valence-corrected chi connectivity index (χ4v) is 4.14. The van der Waals surface area contributed by atoms with Gasteiger partial charge >= 0.3 is 6.03 Å². The molecule has 1 aliphatic rings. The second-order valence-electron chi connectivity index (χ2n) is 6.75. The van der Waals surface area contributed by atoms with Crippen LogP contribution < -0.4 is 9.21 Å². The molecule has 0 spiro atoms. The van der Waals surface area contributed by atoms with Gasteiger partial charge in [-0.25, -0.2) is 13.5 Å². The summed E-state index contributed by atoms with van der Waals surface area (Å²) in [6.45, 7) is 9.20. The highest BCUT2D eigenvalue weighted by Crippen LogP contribution is 2.42. The summed E-state index contributed by atoms with van der Waals surface area (Å²) >= 11 is 7.53. The van der Waals surface area contributed by atoms with Crippen LogP contribution in [0.1, 0.15) is 18.1 Å². The molecule has 2 aromatic rings. The number of urea groups is 1. The van der Waals surface area contributed by atoms with Crippen molar-refractivity contribution >= 4 is 41.0 Å². The monoisotopic (exact) mass is 428 g/mol. The fourth-order valence-electron chi connectivity index (χ4n) is 2.99. The van der Waals surface area contributed by atoms with Crippen molar-refractivity contribution < 1.29 is 9.18 Å². The average Bonchev–Trinajstić information content (AvgIpc) is 2.69. The van der Waals surface area contributed by atoms with Gasteiger partial charge in [0.15, 0.2) is 0 Å². The number of fused-ring (bicyclic) bond motifs is 1. The second-order valence-corrected chi connectivity index (χ2v) is 8.31. The number of aryl methyl sites for hydroxylation is 2. The van der Waals surface area contributed by atoms with Crippen molar-refractivity contribution in [2.24, 2.45) is 0 Å². The van der Waals surface area contributed by atoms with Gasteiger partial charge in [0.25, 0.3) is 0 Å². The number of anilines is 2. The first-order valence-electron chi connectivity index (χ1n) is 9.13. The van der Waals surface area contributed by atoms with Gasteiger partial charge in [-0.05, 0) is 74.2 Å². The number of para-hydroxylation sites is 1. The van der Waals surface area contributed by atoms with E-state index in [9.17, 15) is 9.18 Å². The van der Waals surface area contributed by atoms with Crippen LogP contribution in [0, 0.1) is 13.8 Å². The Morgan fingerprint density at radius 2 is 1.93 bits per heavy atom. The first-order valence-corrected chi connectivity index (χ1v) is 10.3. The Morgan fingerprint density at radius 3 is 2.59 bits per heavy atom. The molecule has 29 heavy (non-hydrogen) atoms. The van der Waals surface area contributed by atoms with Crippen molar-refractivity contribution in [3.63, 3.8) is 0 Å². The third-order valence-corrected chi connectivity index (χ3v) is 6.08. The smallest absolute Gasteiger partial charge is 0.288 e. The Hall–Kier alpha value is -2.50. The molecule has 0 atom stereocenters. The van der Waals surface area contributed by atoms with E-state index in [0.717, 1.165) is 27.4 Å². The van der Waals surface area contributed by atoms with Gasteiger partial charge in [-0.2, -0.15) is 0 Å². The van der Waals surface area contributed by atoms with Crippen molar-refractivity contribution in [1.82, 2.24) is 0 Å². The van der Waals surface area contributed by atoms with E-state index >= 15 is 0 Å². The standard InChI is InChI=1S/C23H22ClFN2OS/c1-5-8-20(25)19(17(4)24)14-26-21-9-6-7-10-22(21)29-27(23(26)28)18-12-11-15(2)16(3)13-18/h5-13H,1,14H2,2-4H3/b19-17+,20-8+. The number of hydrogen-bond donors (Lipinski definition) is 0. The minimum atomic E-state index is -0.506. The maximum atomic E-state index is 14.6. The molecule has 1 heterocycles. The molecule has 6 heteroatoms. The van der Waals surface area contributed by atoms with E-state index in [1.165, 1.54) is 24.1 Å². The SMILES string of the molecule is C=C/C=C(F)\C(CN1C(=O)N(c2ccc(C)c(C)c2)Sc2ccccc21)=C(/C)Cl. The Labute approximate surface area is 180 Å². The lowest BCUT2D eigenvalue weighted by atomic mass is 10.1. The minimum absolute atomic E-state index is 0.0171. The molecule has 2 amide bonds.